The number of nitrogens with zero attached hydrogens (tertiary/aromatic N) is 1. The number of ether oxygens (including phenoxy) is 1. The third-order valence-corrected chi connectivity index (χ3v) is 6.59. The number of hydrogen-bond donors (Lipinski definition) is 1. The van der Waals surface area contributed by atoms with E-state index in [4.69, 9.17) is 4.74 Å². The van der Waals surface area contributed by atoms with Gasteiger partial charge < -0.3 is 9.84 Å². The van der Waals surface area contributed by atoms with E-state index in [1.54, 1.807) is 24.3 Å². The average Bonchev–Trinajstić information content (AvgIpc) is 2.92. The molecule has 2 atom stereocenters. The van der Waals surface area contributed by atoms with E-state index in [-0.39, 0.29) is 13.0 Å². The molecule has 0 bridgehead atoms. The van der Waals surface area contributed by atoms with Crippen molar-refractivity contribution in [3.8, 4) is 0 Å². The summed E-state index contributed by atoms with van der Waals surface area (Å²) in [5, 5.41) is 9.32. The first-order valence-corrected chi connectivity index (χ1v) is 10.0. The van der Waals surface area contributed by atoms with Crippen LogP contribution in [-0.2, 0) is 25.8 Å². The Morgan fingerprint density at radius 1 is 1.38 bits per heavy atom. The minimum Gasteiger partial charge on any atom is -0.480 e. The Hall–Kier alpha value is -2.16. The predicted molar refractivity (Wildman–Crippen MR) is 93.9 cm³/mol. The number of carbonyl (C=O) groups is 2. The van der Waals surface area contributed by atoms with Gasteiger partial charge in [0.05, 0.1) is 13.2 Å². The predicted octanol–water partition coefficient (Wildman–Crippen LogP) is 2.19. The van der Waals surface area contributed by atoms with Crippen LogP contribution >= 0.6 is 0 Å². The van der Waals surface area contributed by atoms with E-state index in [1.165, 1.54) is 4.90 Å². The number of sulfone groups is 1. The van der Waals surface area contributed by atoms with Gasteiger partial charge in [-0.3, -0.25) is 14.1 Å². The van der Waals surface area contributed by atoms with Crippen LogP contribution < -0.4 is 4.90 Å². The van der Waals surface area contributed by atoms with Crippen LogP contribution in [0, 0.1) is 0 Å². The summed E-state index contributed by atoms with van der Waals surface area (Å²) < 4.78 is 39.1. The number of rotatable bonds is 8. The Morgan fingerprint density at radius 2 is 2.00 bits per heavy atom. The molecule has 1 aromatic rings. The molecule has 9 heteroatoms. The first kappa shape index (κ1) is 20.2. The monoisotopic (exact) mass is 387 g/mol. The van der Waals surface area contributed by atoms with Gasteiger partial charge in [-0.05, 0) is 37.5 Å². The normalized spacial score (nSPS) is 19.9. The lowest BCUT2D eigenvalue weighted by molar-refractivity contribution is -0.140. The second-order valence-corrected chi connectivity index (χ2v) is 9.03. The lowest BCUT2D eigenvalue weighted by atomic mass is 10.0. The Balaban J connectivity index is 2.12. The molecule has 1 aromatic carbocycles. The molecule has 0 unspecified atom stereocenters. The summed E-state index contributed by atoms with van der Waals surface area (Å²) in [6.07, 6.45) is 0.0167. The second kappa shape index (κ2) is 7.61. The number of carbonyl (C=O) groups excluding carboxylic acids is 1. The van der Waals surface area contributed by atoms with Crippen LogP contribution in [0.1, 0.15) is 25.3 Å². The molecule has 0 spiro atoms. The Labute approximate surface area is 151 Å². The van der Waals surface area contributed by atoms with Gasteiger partial charge in [-0.2, -0.15) is 0 Å². The number of anilines is 1. The fourth-order valence-corrected chi connectivity index (χ4v) is 3.59. The molecule has 0 saturated carbocycles. The highest BCUT2D eigenvalue weighted by Crippen LogP contribution is 2.30. The van der Waals surface area contributed by atoms with E-state index in [0.717, 1.165) is 18.7 Å². The molecule has 1 aliphatic rings. The number of cyclic esters (lactones) is 1. The van der Waals surface area contributed by atoms with Crippen LogP contribution in [0.15, 0.2) is 24.3 Å². The van der Waals surface area contributed by atoms with Crippen molar-refractivity contribution in [1.82, 2.24) is 0 Å². The molecule has 0 radical (unpaired) electrons. The van der Waals surface area contributed by atoms with E-state index < -0.39 is 39.4 Å². The van der Waals surface area contributed by atoms with Crippen LogP contribution in [0.2, 0.25) is 0 Å². The standard InChI is InChI=1S/C17H22FNO6S/c1-17(15(20)21,26(2,23)24)10-14-11-19(16(22)25-14)13-7-5-12(6-8-13)4-3-9-18/h5-8,14H,3-4,9-11H2,1-2H3,(H,20,21)/t14-,17+/m0/s1. The second-order valence-electron chi connectivity index (χ2n) is 6.59. The molecule has 144 valence electrons. The largest absolute Gasteiger partial charge is 0.480 e. The van der Waals surface area contributed by atoms with Gasteiger partial charge in [0.15, 0.2) is 14.6 Å². The molecule has 2 rings (SSSR count). The fourth-order valence-electron chi connectivity index (χ4n) is 2.78. The number of aryl methyl sites for hydroxylation is 1. The maximum Gasteiger partial charge on any atom is 0.414 e. The van der Waals surface area contributed by atoms with Crippen LogP contribution in [0.25, 0.3) is 0 Å². The van der Waals surface area contributed by atoms with Crippen LogP contribution in [0.5, 0.6) is 0 Å². The molecule has 7 nitrogen and oxygen atoms in total. The number of benzene rings is 1. The molecule has 0 aliphatic carbocycles. The van der Waals surface area contributed by atoms with Crippen molar-refractivity contribution in [2.24, 2.45) is 0 Å². The van der Waals surface area contributed by atoms with E-state index in [2.05, 4.69) is 0 Å². The van der Waals surface area contributed by atoms with E-state index in [1.807, 2.05) is 0 Å². The summed E-state index contributed by atoms with van der Waals surface area (Å²) in [7, 11) is -3.91. The molecule has 1 saturated heterocycles. The first-order valence-electron chi connectivity index (χ1n) is 8.14. The summed E-state index contributed by atoms with van der Waals surface area (Å²) in [6, 6.07) is 6.96. The molecule has 0 aromatic heterocycles. The van der Waals surface area contributed by atoms with Gasteiger partial charge in [-0.15, -0.1) is 0 Å². The fraction of sp³-hybridized carbons (Fsp3) is 0.529. The average molecular weight is 387 g/mol. The van der Waals surface area contributed by atoms with Gasteiger partial charge in [0.2, 0.25) is 0 Å². The molecule has 1 heterocycles. The Morgan fingerprint density at radius 3 is 2.50 bits per heavy atom. The van der Waals surface area contributed by atoms with Crippen molar-refractivity contribution >= 4 is 27.6 Å². The minimum atomic E-state index is -3.91. The number of alkyl halides is 1. The molecule has 1 N–H and O–H groups in total. The molecule has 26 heavy (non-hydrogen) atoms. The highest BCUT2D eigenvalue weighted by Gasteiger charge is 2.48. The lowest BCUT2D eigenvalue weighted by Gasteiger charge is -2.24. The topological polar surface area (TPSA) is 101 Å². The number of carboxylic acid groups (broad SMARTS) is 1. The summed E-state index contributed by atoms with van der Waals surface area (Å²) in [6.45, 7) is 0.770. The molecular formula is C17H22FNO6S. The van der Waals surface area contributed by atoms with Crippen molar-refractivity contribution < 1.29 is 32.2 Å². The van der Waals surface area contributed by atoms with E-state index >= 15 is 0 Å². The number of carboxylic acids is 1. The van der Waals surface area contributed by atoms with E-state index in [9.17, 15) is 27.5 Å². The maximum absolute atomic E-state index is 12.2. The zero-order valence-corrected chi connectivity index (χ0v) is 15.5. The Kier molecular flexibility index (Phi) is 5.90. The van der Waals surface area contributed by atoms with Crippen molar-refractivity contribution in [2.75, 3.05) is 24.4 Å². The summed E-state index contributed by atoms with van der Waals surface area (Å²) in [4.78, 5) is 24.9. The lowest BCUT2D eigenvalue weighted by Crippen LogP contribution is -2.46. The quantitative estimate of drug-likeness (QED) is 0.734. The van der Waals surface area contributed by atoms with Gasteiger partial charge in [0.25, 0.3) is 0 Å². The van der Waals surface area contributed by atoms with Crippen molar-refractivity contribution in [3.63, 3.8) is 0 Å². The SMILES string of the molecule is C[C@@](C[C@H]1CN(c2ccc(CCCF)cc2)C(=O)O1)(C(=O)O)S(C)(=O)=O. The van der Waals surface area contributed by atoms with Crippen LogP contribution in [0.3, 0.4) is 0 Å². The highest BCUT2D eigenvalue weighted by molar-refractivity contribution is 7.92. The van der Waals surface area contributed by atoms with Crippen molar-refractivity contribution in [2.45, 2.75) is 37.0 Å². The van der Waals surface area contributed by atoms with Gasteiger partial charge in [0.1, 0.15) is 6.10 Å². The van der Waals surface area contributed by atoms with Crippen molar-refractivity contribution in [3.05, 3.63) is 29.8 Å². The molecule has 1 fully saturated rings. The van der Waals surface area contributed by atoms with Gasteiger partial charge in [0, 0.05) is 18.4 Å². The Bertz CT molecular complexity index is 779. The number of hydrogen-bond acceptors (Lipinski definition) is 5. The van der Waals surface area contributed by atoms with Crippen LogP contribution in [-0.4, -0.2) is 55.9 Å². The van der Waals surface area contributed by atoms with E-state index in [0.29, 0.717) is 18.5 Å². The zero-order valence-electron chi connectivity index (χ0n) is 14.6. The maximum atomic E-state index is 12.2. The molecule has 1 aliphatic heterocycles. The number of amides is 1. The summed E-state index contributed by atoms with van der Waals surface area (Å²) in [5.41, 5.74) is 1.49. The molecule has 1 amide bonds. The summed E-state index contributed by atoms with van der Waals surface area (Å²) >= 11 is 0. The first-order chi connectivity index (χ1) is 12.1. The highest BCUT2D eigenvalue weighted by atomic mass is 32.2. The van der Waals surface area contributed by atoms with Crippen molar-refractivity contribution in [1.29, 1.82) is 0 Å². The number of aliphatic carboxylic acids is 1. The smallest absolute Gasteiger partial charge is 0.414 e. The van der Waals surface area contributed by atoms with Gasteiger partial charge >= 0.3 is 12.1 Å². The third kappa shape index (κ3) is 4.14. The van der Waals surface area contributed by atoms with Crippen LogP contribution in [0.4, 0.5) is 14.9 Å². The van der Waals surface area contributed by atoms with Gasteiger partial charge in [-0.25, -0.2) is 13.2 Å². The summed E-state index contributed by atoms with van der Waals surface area (Å²) in [5.74, 6) is -1.48. The third-order valence-electron chi connectivity index (χ3n) is 4.61. The minimum absolute atomic E-state index is 0.0566. The van der Waals surface area contributed by atoms with Gasteiger partial charge in [-0.1, -0.05) is 12.1 Å². The number of halogens is 1. The zero-order chi connectivity index (χ0) is 19.5. The molecular weight excluding hydrogens is 365 g/mol.